The van der Waals surface area contributed by atoms with Crippen LogP contribution in [0.2, 0.25) is 0 Å². The van der Waals surface area contributed by atoms with Crippen LogP contribution in [0, 0.1) is 18.3 Å². The topological polar surface area (TPSA) is 77.8 Å². The van der Waals surface area contributed by atoms with E-state index in [9.17, 15) is 18.0 Å². The number of hydrogen-bond donors (Lipinski definition) is 2. The van der Waals surface area contributed by atoms with Gasteiger partial charge in [-0.25, -0.2) is 4.98 Å². The Morgan fingerprint density at radius 3 is 2.62 bits per heavy atom. The lowest BCUT2D eigenvalue weighted by atomic mass is 9.90. The number of alkyl halides is 3. The monoisotopic (exact) mass is 296 g/mol. The number of aromatic nitrogens is 1. The summed E-state index contributed by atoms with van der Waals surface area (Å²) in [5.41, 5.74) is -3.28. The number of aryl methyl sites for hydroxylation is 1. The molecule has 1 aliphatic rings. The van der Waals surface area contributed by atoms with Crippen LogP contribution in [0.3, 0.4) is 0 Å². The first-order valence-corrected chi connectivity index (χ1v) is 5.93. The molecule has 0 fully saturated rings. The number of carbonyl (C=O) groups is 1. The van der Waals surface area contributed by atoms with Gasteiger partial charge in [-0.15, -0.1) is 0 Å². The molecule has 1 aromatic rings. The summed E-state index contributed by atoms with van der Waals surface area (Å²) >= 11 is 0. The maximum Gasteiger partial charge on any atom is 0.425 e. The van der Waals surface area contributed by atoms with E-state index in [0.29, 0.717) is 5.56 Å². The second-order valence-electron chi connectivity index (χ2n) is 4.66. The standard InChI is InChI=1S/C13H11F3N4O/c1-7-3-4-18-10(5-7)20-12(13(14,15)16)9(6-17)8(2)19-11(12)21/h3-5H,1-2H3,(H,18,20)(H,19,21)/t12-/m1/s1. The Hall–Kier alpha value is -2.56. The maximum absolute atomic E-state index is 13.5. The Bertz CT molecular complexity index is 675. The Kier molecular flexibility index (Phi) is 3.37. The molecule has 2 rings (SSSR count). The lowest BCUT2D eigenvalue weighted by molar-refractivity contribution is -0.174. The third-order valence-electron chi connectivity index (χ3n) is 3.16. The molecular formula is C13H11F3N4O. The van der Waals surface area contributed by atoms with E-state index in [1.807, 2.05) is 0 Å². The molecule has 8 heteroatoms. The van der Waals surface area contributed by atoms with Crippen molar-refractivity contribution in [2.75, 3.05) is 5.32 Å². The van der Waals surface area contributed by atoms with Gasteiger partial charge in [-0.05, 0) is 31.5 Å². The normalized spacial score (nSPS) is 22.0. The summed E-state index contributed by atoms with van der Waals surface area (Å²) in [6, 6.07) is 4.43. The van der Waals surface area contributed by atoms with Crippen molar-refractivity contribution < 1.29 is 18.0 Å². The fraction of sp³-hybridized carbons (Fsp3) is 0.308. The van der Waals surface area contributed by atoms with E-state index in [-0.39, 0.29) is 11.5 Å². The van der Waals surface area contributed by atoms with E-state index < -0.39 is 23.2 Å². The Labute approximate surface area is 118 Å². The Morgan fingerprint density at radius 2 is 2.10 bits per heavy atom. The van der Waals surface area contributed by atoms with Crippen molar-refractivity contribution in [1.29, 1.82) is 5.26 Å². The molecule has 1 amide bonds. The number of allylic oxidation sites excluding steroid dienone is 1. The van der Waals surface area contributed by atoms with Crippen molar-refractivity contribution in [3.8, 4) is 6.07 Å². The van der Waals surface area contributed by atoms with E-state index in [2.05, 4.69) is 15.6 Å². The number of anilines is 1. The summed E-state index contributed by atoms with van der Waals surface area (Å²) in [7, 11) is 0. The lowest BCUT2D eigenvalue weighted by Crippen LogP contribution is -2.59. The molecule has 21 heavy (non-hydrogen) atoms. The minimum Gasteiger partial charge on any atom is -0.344 e. The molecule has 1 aliphatic heterocycles. The molecule has 1 atom stereocenters. The molecular weight excluding hydrogens is 285 g/mol. The Morgan fingerprint density at radius 1 is 1.43 bits per heavy atom. The maximum atomic E-state index is 13.5. The molecule has 2 heterocycles. The second-order valence-corrected chi connectivity index (χ2v) is 4.66. The molecule has 0 unspecified atom stereocenters. The predicted molar refractivity (Wildman–Crippen MR) is 67.8 cm³/mol. The van der Waals surface area contributed by atoms with Crippen molar-refractivity contribution in [1.82, 2.24) is 10.3 Å². The minimum absolute atomic E-state index is 0.125. The van der Waals surface area contributed by atoms with Crippen LogP contribution in [0.25, 0.3) is 0 Å². The number of carbonyl (C=O) groups excluding carboxylic acids is 1. The van der Waals surface area contributed by atoms with Crippen molar-refractivity contribution in [2.24, 2.45) is 0 Å². The molecule has 0 saturated heterocycles. The van der Waals surface area contributed by atoms with Gasteiger partial charge in [0.2, 0.25) is 0 Å². The minimum atomic E-state index is -4.99. The number of amides is 1. The fourth-order valence-electron chi connectivity index (χ4n) is 2.15. The zero-order chi connectivity index (χ0) is 15.8. The van der Waals surface area contributed by atoms with Gasteiger partial charge in [-0.2, -0.15) is 18.4 Å². The van der Waals surface area contributed by atoms with Crippen molar-refractivity contribution in [3.05, 3.63) is 35.2 Å². The third-order valence-corrected chi connectivity index (χ3v) is 3.16. The van der Waals surface area contributed by atoms with Gasteiger partial charge >= 0.3 is 6.18 Å². The highest BCUT2D eigenvalue weighted by Gasteiger charge is 2.67. The van der Waals surface area contributed by atoms with Crippen LogP contribution >= 0.6 is 0 Å². The van der Waals surface area contributed by atoms with Gasteiger partial charge in [0.15, 0.2) is 0 Å². The summed E-state index contributed by atoms with van der Waals surface area (Å²) in [6.45, 7) is 2.92. The zero-order valence-corrected chi connectivity index (χ0v) is 11.2. The van der Waals surface area contributed by atoms with Crippen LogP contribution in [0.4, 0.5) is 19.0 Å². The number of rotatable bonds is 2. The highest BCUT2D eigenvalue weighted by molar-refractivity contribution is 6.00. The van der Waals surface area contributed by atoms with Crippen LogP contribution < -0.4 is 10.6 Å². The first kappa shape index (κ1) is 14.8. The highest BCUT2D eigenvalue weighted by Crippen LogP contribution is 2.42. The first-order valence-electron chi connectivity index (χ1n) is 5.93. The molecule has 0 radical (unpaired) electrons. The number of nitrogens with one attached hydrogen (secondary N) is 2. The molecule has 0 aliphatic carbocycles. The van der Waals surface area contributed by atoms with Crippen LogP contribution in [0.1, 0.15) is 12.5 Å². The number of nitriles is 1. The molecule has 110 valence electrons. The molecule has 0 aromatic carbocycles. The molecule has 0 bridgehead atoms. The summed E-state index contributed by atoms with van der Waals surface area (Å²) in [6.07, 6.45) is -3.68. The summed E-state index contributed by atoms with van der Waals surface area (Å²) in [4.78, 5) is 15.7. The number of halogens is 3. The second kappa shape index (κ2) is 4.77. The highest BCUT2D eigenvalue weighted by atomic mass is 19.4. The fourth-order valence-corrected chi connectivity index (χ4v) is 2.15. The third kappa shape index (κ3) is 2.20. The van der Waals surface area contributed by atoms with E-state index in [4.69, 9.17) is 5.26 Å². The Balaban J connectivity index is 2.60. The van der Waals surface area contributed by atoms with Crippen molar-refractivity contribution in [3.63, 3.8) is 0 Å². The largest absolute Gasteiger partial charge is 0.425 e. The number of nitrogens with zero attached hydrogens (tertiary/aromatic N) is 2. The van der Waals surface area contributed by atoms with Crippen LogP contribution in [-0.4, -0.2) is 22.6 Å². The predicted octanol–water partition coefficient (Wildman–Crippen LogP) is 2.03. The van der Waals surface area contributed by atoms with Gasteiger partial charge in [0, 0.05) is 11.9 Å². The summed E-state index contributed by atoms with van der Waals surface area (Å²) in [5, 5.41) is 13.2. The van der Waals surface area contributed by atoms with Gasteiger partial charge in [0.05, 0.1) is 11.6 Å². The van der Waals surface area contributed by atoms with Crippen molar-refractivity contribution in [2.45, 2.75) is 25.6 Å². The smallest absolute Gasteiger partial charge is 0.344 e. The molecule has 2 N–H and O–H groups in total. The average Bonchev–Trinajstić information content (AvgIpc) is 2.60. The first-order chi connectivity index (χ1) is 9.72. The van der Waals surface area contributed by atoms with Gasteiger partial charge in [-0.1, -0.05) is 0 Å². The SMILES string of the molecule is CC1=C(C#N)[C@](Nc2cc(C)ccn2)(C(F)(F)F)C(=O)N1. The van der Waals surface area contributed by atoms with E-state index in [1.54, 1.807) is 13.0 Å². The molecule has 0 spiro atoms. The molecule has 5 nitrogen and oxygen atoms in total. The molecule has 0 saturated carbocycles. The van der Waals surface area contributed by atoms with E-state index in [1.165, 1.54) is 25.3 Å². The summed E-state index contributed by atoms with van der Waals surface area (Å²) in [5.74, 6) is -1.47. The van der Waals surface area contributed by atoms with Gasteiger partial charge < -0.3 is 10.6 Å². The van der Waals surface area contributed by atoms with Gasteiger partial charge in [0.1, 0.15) is 5.82 Å². The quantitative estimate of drug-likeness (QED) is 0.875. The van der Waals surface area contributed by atoms with E-state index in [0.717, 1.165) is 0 Å². The molecule has 1 aromatic heterocycles. The van der Waals surface area contributed by atoms with Gasteiger partial charge in [-0.3, -0.25) is 4.79 Å². The summed E-state index contributed by atoms with van der Waals surface area (Å²) < 4.78 is 40.6. The lowest BCUT2D eigenvalue weighted by Gasteiger charge is -2.30. The van der Waals surface area contributed by atoms with Crippen molar-refractivity contribution >= 4 is 11.7 Å². The number of pyridine rings is 1. The van der Waals surface area contributed by atoms with E-state index >= 15 is 0 Å². The van der Waals surface area contributed by atoms with Crippen LogP contribution in [-0.2, 0) is 4.79 Å². The zero-order valence-electron chi connectivity index (χ0n) is 11.2. The number of hydrogen-bond acceptors (Lipinski definition) is 4. The van der Waals surface area contributed by atoms with Crippen LogP contribution in [0.5, 0.6) is 0 Å². The van der Waals surface area contributed by atoms with Crippen LogP contribution in [0.15, 0.2) is 29.6 Å². The average molecular weight is 296 g/mol. The van der Waals surface area contributed by atoms with Gasteiger partial charge in [0.25, 0.3) is 11.4 Å².